The minimum absolute atomic E-state index is 0.193. The summed E-state index contributed by atoms with van der Waals surface area (Å²) in [6.07, 6.45) is 2.50. The average Bonchev–Trinajstić information content (AvgIpc) is 2.40. The van der Waals surface area contributed by atoms with Gasteiger partial charge in [-0.25, -0.2) is 8.42 Å². The van der Waals surface area contributed by atoms with Crippen LogP contribution >= 0.6 is 0 Å². The number of ether oxygens (including phenoxy) is 1. The van der Waals surface area contributed by atoms with E-state index in [1.54, 1.807) is 6.92 Å². The summed E-state index contributed by atoms with van der Waals surface area (Å²) < 4.78 is 31.1. The van der Waals surface area contributed by atoms with Crippen LogP contribution in [0.5, 0.6) is 0 Å². The van der Waals surface area contributed by atoms with E-state index in [0.717, 1.165) is 12.8 Å². The molecule has 1 rings (SSSR count). The third kappa shape index (κ3) is 5.10. The van der Waals surface area contributed by atoms with Gasteiger partial charge in [-0.2, -0.15) is 9.98 Å². The van der Waals surface area contributed by atoms with Gasteiger partial charge in [-0.3, -0.25) is 4.79 Å². The zero-order chi connectivity index (χ0) is 15.2. The number of esters is 1. The molecule has 1 aliphatic carbocycles. The second-order valence-corrected chi connectivity index (χ2v) is 7.19. The summed E-state index contributed by atoms with van der Waals surface area (Å²) in [5.41, 5.74) is -1.01. The molecule has 1 fully saturated rings. The third-order valence-electron chi connectivity index (χ3n) is 3.57. The number of carbonyl (C=O) groups is 1. The first-order valence-electron chi connectivity index (χ1n) is 6.91. The Labute approximate surface area is 120 Å². The van der Waals surface area contributed by atoms with E-state index in [9.17, 15) is 18.5 Å². The number of nitriles is 1. The van der Waals surface area contributed by atoms with Crippen molar-refractivity contribution >= 4 is 16.0 Å². The van der Waals surface area contributed by atoms with Gasteiger partial charge in [0.05, 0.1) is 24.8 Å². The highest BCUT2D eigenvalue weighted by atomic mass is 32.2. The molecular weight excluding hydrogens is 280 g/mol. The first kappa shape index (κ1) is 16.9. The van der Waals surface area contributed by atoms with Crippen LogP contribution in [0.1, 0.15) is 46.0 Å². The third-order valence-corrected chi connectivity index (χ3v) is 5.02. The van der Waals surface area contributed by atoms with E-state index in [-0.39, 0.29) is 18.8 Å². The van der Waals surface area contributed by atoms with Crippen molar-refractivity contribution in [2.75, 3.05) is 12.4 Å². The highest BCUT2D eigenvalue weighted by Crippen LogP contribution is 2.32. The second-order valence-electron chi connectivity index (χ2n) is 5.35. The predicted octanol–water partition coefficient (Wildman–Crippen LogP) is 1.33. The largest absolute Gasteiger partial charge is 0.466 e. The monoisotopic (exact) mass is 302 g/mol. The van der Waals surface area contributed by atoms with Gasteiger partial charge in [0.25, 0.3) is 0 Å². The van der Waals surface area contributed by atoms with Crippen LogP contribution in [0.15, 0.2) is 0 Å². The molecule has 6 nitrogen and oxygen atoms in total. The van der Waals surface area contributed by atoms with Crippen molar-refractivity contribution in [3.8, 4) is 6.07 Å². The molecule has 1 aliphatic rings. The van der Waals surface area contributed by atoms with Gasteiger partial charge in [0.1, 0.15) is 5.54 Å². The van der Waals surface area contributed by atoms with Crippen molar-refractivity contribution < 1.29 is 17.9 Å². The Bertz CT molecular complexity index is 473. The molecule has 0 spiro atoms. The van der Waals surface area contributed by atoms with Gasteiger partial charge in [0.15, 0.2) is 0 Å². The molecule has 1 saturated carbocycles. The molecule has 114 valence electrons. The van der Waals surface area contributed by atoms with Crippen LogP contribution in [0.25, 0.3) is 0 Å². The molecule has 0 saturated heterocycles. The standard InChI is InChI=1S/C13H22N2O4S/c1-3-19-12(16)6-9-20(17,18)15-13(10-14)7-4-11(2)5-8-13/h11,15H,3-9H2,1-2H3. The molecule has 1 N–H and O–H groups in total. The van der Waals surface area contributed by atoms with E-state index < -0.39 is 21.5 Å². The van der Waals surface area contributed by atoms with E-state index in [1.807, 2.05) is 0 Å². The van der Waals surface area contributed by atoms with E-state index in [0.29, 0.717) is 18.8 Å². The number of hydrogen-bond donors (Lipinski definition) is 1. The number of nitrogens with one attached hydrogen (secondary N) is 1. The van der Waals surface area contributed by atoms with Gasteiger partial charge in [-0.15, -0.1) is 0 Å². The van der Waals surface area contributed by atoms with Crippen molar-refractivity contribution in [1.82, 2.24) is 4.72 Å². The van der Waals surface area contributed by atoms with Crippen LogP contribution in [0.4, 0.5) is 0 Å². The minimum atomic E-state index is -3.66. The zero-order valence-corrected chi connectivity index (χ0v) is 12.8. The van der Waals surface area contributed by atoms with Crippen LogP contribution in [0, 0.1) is 17.2 Å². The molecule has 0 aliphatic heterocycles. The Morgan fingerprint density at radius 1 is 1.45 bits per heavy atom. The molecule has 0 bridgehead atoms. The molecule has 0 radical (unpaired) electrons. The van der Waals surface area contributed by atoms with Gasteiger partial charge in [-0.05, 0) is 38.5 Å². The summed E-state index contributed by atoms with van der Waals surface area (Å²) >= 11 is 0. The smallest absolute Gasteiger partial charge is 0.306 e. The summed E-state index contributed by atoms with van der Waals surface area (Å²) in [6, 6.07) is 2.10. The minimum Gasteiger partial charge on any atom is -0.466 e. The van der Waals surface area contributed by atoms with Gasteiger partial charge < -0.3 is 4.74 Å². The summed E-state index contributed by atoms with van der Waals surface area (Å²) in [7, 11) is -3.66. The van der Waals surface area contributed by atoms with Crippen LogP contribution in [-0.4, -0.2) is 32.3 Å². The fourth-order valence-corrected chi connectivity index (χ4v) is 3.67. The highest BCUT2D eigenvalue weighted by Gasteiger charge is 2.37. The number of nitrogens with zero attached hydrogens (tertiary/aromatic N) is 1. The van der Waals surface area contributed by atoms with Crippen LogP contribution in [-0.2, 0) is 19.6 Å². The lowest BCUT2D eigenvalue weighted by molar-refractivity contribution is -0.142. The van der Waals surface area contributed by atoms with Crippen molar-refractivity contribution in [1.29, 1.82) is 5.26 Å². The lowest BCUT2D eigenvalue weighted by Gasteiger charge is -2.33. The van der Waals surface area contributed by atoms with Gasteiger partial charge in [0.2, 0.25) is 10.0 Å². The Balaban J connectivity index is 2.60. The summed E-state index contributed by atoms with van der Waals surface area (Å²) in [6.45, 7) is 3.99. The molecule has 0 amide bonds. The fourth-order valence-electron chi connectivity index (χ4n) is 2.29. The normalized spacial score (nSPS) is 26.8. The second kappa shape index (κ2) is 7.04. The number of hydrogen-bond acceptors (Lipinski definition) is 5. The van der Waals surface area contributed by atoms with Gasteiger partial charge >= 0.3 is 5.97 Å². The van der Waals surface area contributed by atoms with Crippen molar-refractivity contribution in [2.45, 2.75) is 51.5 Å². The quantitative estimate of drug-likeness (QED) is 0.747. The summed E-state index contributed by atoms with van der Waals surface area (Å²) in [5, 5.41) is 9.28. The maximum atomic E-state index is 12.0. The molecule has 20 heavy (non-hydrogen) atoms. The lowest BCUT2D eigenvalue weighted by Crippen LogP contribution is -2.50. The Hall–Kier alpha value is -1.13. The van der Waals surface area contributed by atoms with E-state index in [4.69, 9.17) is 4.74 Å². The molecular formula is C13H22N2O4S. The molecule has 0 aromatic rings. The van der Waals surface area contributed by atoms with Crippen molar-refractivity contribution in [3.63, 3.8) is 0 Å². The van der Waals surface area contributed by atoms with E-state index >= 15 is 0 Å². The van der Waals surface area contributed by atoms with Crippen molar-refractivity contribution in [3.05, 3.63) is 0 Å². The van der Waals surface area contributed by atoms with Crippen LogP contribution in [0.3, 0.4) is 0 Å². The summed E-state index contributed by atoms with van der Waals surface area (Å²) in [5.74, 6) is -0.369. The average molecular weight is 302 g/mol. The SMILES string of the molecule is CCOC(=O)CCS(=O)(=O)NC1(C#N)CCC(C)CC1. The number of carbonyl (C=O) groups excluding carboxylic acids is 1. The number of sulfonamides is 1. The Morgan fingerprint density at radius 3 is 2.55 bits per heavy atom. The first-order valence-corrected chi connectivity index (χ1v) is 8.56. The van der Waals surface area contributed by atoms with Crippen molar-refractivity contribution in [2.24, 2.45) is 5.92 Å². The summed E-state index contributed by atoms with van der Waals surface area (Å²) in [4.78, 5) is 11.2. The lowest BCUT2D eigenvalue weighted by atomic mass is 9.79. The van der Waals surface area contributed by atoms with Crippen LogP contribution in [0.2, 0.25) is 0 Å². The van der Waals surface area contributed by atoms with Gasteiger partial charge in [0, 0.05) is 0 Å². The molecule has 0 aromatic heterocycles. The van der Waals surface area contributed by atoms with Crippen LogP contribution < -0.4 is 4.72 Å². The maximum absolute atomic E-state index is 12.0. The highest BCUT2D eigenvalue weighted by molar-refractivity contribution is 7.89. The number of rotatable bonds is 6. The predicted molar refractivity (Wildman–Crippen MR) is 74.1 cm³/mol. The molecule has 0 heterocycles. The molecule has 0 aromatic carbocycles. The molecule has 0 unspecified atom stereocenters. The fraction of sp³-hybridized carbons (Fsp3) is 0.846. The zero-order valence-electron chi connectivity index (χ0n) is 12.0. The first-order chi connectivity index (χ1) is 9.32. The topological polar surface area (TPSA) is 96.3 Å². The molecule has 0 atom stereocenters. The van der Waals surface area contributed by atoms with E-state index in [1.165, 1.54) is 0 Å². The van der Waals surface area contributed by atoms with Gasteiger partial charge in [-0.1, -0.05) is 6.92 Å². The Kier molecular flexibility index (Phi) is 5.96. The molecule has 7 heteroatoms. The van der Waals surface area contributed by atoms with E-state index in [2.05, 4.69) is 17.7 Å². The maximum Gasteiger partial charge on any atom is 0.306 e. The Morgan fingerprint density at radius 2 is 2.05 bits per heavy atom.